The van der Waals surface area contributed by atoms with Crippen LogP contribution in [-0.4, -0.2) is 37.2 Å². The van der Waals surface area contributed by atoms with E-state index in [0.29, 0.717) is 19.3 Å². The van der Waals surface area contributed by atoms with E-state index in [-0.39, 0.29) is 31.1 Å². The predicted molar refractivity (Wildman–Crippen MR) is 312 cm³/mol. The highest BCUT2D eigenvalue weighted by molar-refractivity contribution is 5.71. The molecule has 420 valence electrons. The summed E-state index contributed by atoms with van der Waals surface area (Å²) in [6, 6.07) is 0. The topological polar surface area (TPSA) is 78.9 Å². The average molecular weight is 1010 g/mol. The Bertz CT molecular complexity index is 1250. The minimum absolute atomic E-state index is 0.0723. The van der Waals surface area contributed by atoms with Gasteiger partial charge in [-0.25, -0.2) is 0 Å². The number of esters is 3. The van der Waals surface area contributed by atoms with E-state index in [0.717, 1.165) is 77.0 Å². The lowest BCUT2D eigenvalue weighted by atomic mass is 10.0. The van der Waals surface area contributed by atoms with E-state index < -0.39 is 6.10 Å². The summed E-state index contributed by atoms with van der Waals surface area (Å²) in [5.74, 6) is -0.872. The summed E-state index contributed by atoms with van der Waals surface area (Å²) in [6.45, 7) is 6.60. The van der Waals surface area contributed by atoms with Gasteiger partial charge in [0, 0.05) is 19.3 Å². The maximum absolute atomic E-state index is 12.8. The molecule has 0 amide bonds. The van der Waals surface area contributed by atoms with Crippen molar-refractivity contribution >= 4 is 17.9 Å². The third kappa shape index (κ3) is 58.3. The van der Waals surface area contributed by atoms with E-state index in [9.17, 15) is 14.4 Å². The third-order valence-corrected chi connectivity index (χ3v) is 14.1. The first-order chi connectivity index (χ1) is 35.5. The Morgan fingerprint density at radius 3 is 0.792 bits per heavy atom. The van der Waals surface area contributed by atoms with Crippen LogP contribution in [0.2, 0.25) is 0 Å². The highest BCUT2D eigenvalue weighted by Crippen LogP contribution is 2.17. The predicted octanol–water partition coefficient (Wildman–Crippen LogP) is 21.4. The summed E-state index contributed by atoms with van der Waals surface area (Å²) < 4.78 is 16.8. The number of ether oxygens (including phenoxy) is 3. The van der Waals surface area contributed by atoms with Crippen LogP contribution in [0, 0.1) is 0 Å². The van der Waals surface area contributed by atoms with Gasteiger partial charge in [0.15, 0.2) is 6.10 Å². The normalized spacial score (nSPS) is 12.3. The molecule has 0 aromatic heterocycles. The quantitative estimate of drug-likeness (QED) is 0.0261. The van der Waals surface area contributed by atoms with E-state index in [1.54, 1.807) is 0 Å². The number of hydrogen-bond donors (Lipinski definition) is 0. The molecule has 0 aliphatic carbocycles. The van der Waals surface area contributed by atoms with Crippen LogP contribution in [0.1, 0.15) is 335 Å². The molecular weight excluding hydrogens is 889 g/mol. The summed E-state index contributed by atoms with van der Waals surface area (Å²) in [5, 5.41) is 0. The second-order valence-corrected chi connectivity index (χ2v) is 21.3. The van der Waals surface area contributed by atoms with Gasteiger partial charge < -0.3 is 14.2 Å². The summed E-state index contributed by atoms with van der Waals surface area (Å²) >= 11 is 0. The zero-order valence-electron chi connectivity index (χ0n) is 48.2. The van der Waals surface area contributed by atoms with Crippen LogP contribution in [0.3, 0.4) is 0 Å². The smallest absolute Gasteiger partial charge is 0.306 e. The zero-order chi connectivity index (χ0) is 52.2. The van der Waals surface area contributed by atoms with Crippen LogP contribution in [0.4, 0.5) is 0 Å². The van der Waals surface area contributed by atoms with Crippen molar-refractivity contribution in [1.29, 1.82) is 0 Å². The minimum Gasteiger partial charge on any atom is -0.462 e. The van der Waals surface area contributed by atoms with Crippen LogP contribution < -0.4 is 0 Å². The van der Waals surface area contributed by atoms with Crippen molar-refractivity contribution in [2.75, 3.05) is 13.2 Å². The highest BCUT2D eigenvalue weighted by atomic mass is 16.6. The summed E-state index contributed by atoms with van der Waals surface area (Å²) in [6.07, 6.45) is 75.9. The lowest BCUT2D eigenvalue weighted by Gasteiger charge is -2.18. The number of rotatable bonds is 58. The summed E-state index contributed by atoms with van der Waals surface area (Å²) in [7, 11) is 0. The molecule has 0 spiro atoms. The molecule has 0 aliphatic heterocycles. The van der Waals surface area contributed by atoms with Gasteiger partial charge in [0.1, 0.15) is 13.2 Å². The Labute approximate surface area is 448 Å². The van der Waals surface area contributed by atoms with Gasteiger partial charge in [-0.2, -0.15) is 0 Å². The van der Waals surface area contributed by atoms with E-state index in [2.05, 4.69) is 69.4 Å². The maximum Gasteiger partial charge on any atom is 0.306 e. The first kappa shape index (κ1) is 69.4. The SMILES string of the molecule is CCCCCCC/C=C\C/C=C\C/C=C\CCCCCCCCCCCCCCCCCCCCC(=O)OCC(COC(=O)CCCCCCCCC)OC(=O)CCCCCCC/C=C\CCCCCCC. The van der Waals surface area contributed by atoms with Crippen LogP contribution >= 0.6 is 0 Å². The van der Waals surface area contributed by atoms with Crippen molar-refractivity contribution in [3.05, 3.63) is 48.6 Å². The average Bonchev–Trinajstić information content (AvgIpc) is 3.38. The molecule has 6 nitrogen and oxygen atoms in total. The Hall–Kier alpha value is -2.63. The third-order valence-electron chi connectivity index (χ3n) is 14.1. The largest absolute Gasteiger partial charge is 0.462 e. The summed E-state index contributed by atoms with van der Waals surface area (Å²) in [4.78, 5) is 37.9. The Morgan fingerprint density at radius 2 is 0.500 bits per heavy atom. The standard InChI is InChI=1S/C66H120O6/c1-4-7-10-13-16-18-20-22-24-25-26-27-28-29-30-31-32-33-34-35-36-37-38-39-40-41-42-44-45-47-50-53-56-59-65(68)71-62-63(61-70-64(67)58-55-52-49-15-12-9-6-3)72-66(69)60-57-54-51-48-46-43-23-21-19-17-14-11-8-5-2/h20-23,25-26,28-29,63H,4-19,24,27,30-62H2,1-3H3/b22-20-,23-21-,26-25-,29-28-. The first-order valence-electron chi connectivity index (χ1n) is 31.6. The van der Waals surface area contributed by atoms with Gasteiger partial charge in [-0.05, 0) is 83.5 Å². The van der Waals surface area contributed by atoms with Crippen LogP contribution in [-0.2, 0) is 28.6 Å². The number of unbranched alkanes of at least 4 members (excludes halogenated alkanes) is 39. The Balaban J connectivity index is 3.97. The number of hydrogen-bond acceptors (Lipinski definition) is 6. The van der Waals surface area contributed by atoms with Gasteiger partial charge in [-0.15, -0.1) is 0 Å². The van der Waals surface area contributed by atoms with Crippen molar-refractivity contribution in [2.24, 2.45) is 0 Å². The van der Waals surface area contributed by atoms with E-state index in [1.165, 1.54) is 218 Å². The molecule has 0 aromatic rings. The van der Waals surface area contributed by atoms with Crippen molar-refractivity contribution in [1.82, 2.24) is 0 Å². The van der Waals surface area contributed by atoms with Gasteiger partial charge >= 0.3 is 17.9 Å². The van der Waals surface area contributed by atoms with Gasteiger partial charge in [0.2, 0.25) is 0 Å². The second-order valence-electron chi connectivity index (χ2n) is 21.3. The minimum atomic E-state index is -0.771. The molecule has 0 aromatic carbocycles. The van der Waals surface area contributed by atoms with Gasteiger partial charge in [0.25, 0.3) is 0 Å². The molecule has 0 radical (unpaired) electrons. The lowest BCUT2D eigenvalue weighted by molar-refractivity contribution is -0.167. The fraction of sp³-hybridized carbons (Fsp3) is 0.833. The molecule has 0 fully saturated rings. The molecule has 72 heavy (non-hydrogen) atoms. The van der Waals surface area contributed by atoms with Gasteiger partial charge in [-0.1, -0.05) is 281 Å². The molecule has 0 rings (SSSR count). The van der Waals surface area contributed by atoms with Crippen molar-refractivity contribution < 1.29 is 28.6 Å². The maximum atomic E-state index is 12.8. The van der Waals surface area contributed by atoms with E-state index in [1.807, 2.05) is 0 Å². The van der Waals surface area contributed by atoms with Crippen molar-refractivity contribution in [2.45, 2.75) is 341 Å². The molecule has 0 saturated carbocycles. The fourth-order valence-corrected chi connectivity index (χ4v) is 9.27. The van der Waals surface area contributed by atoms with Gasteiger partial charge in [-0.3, -0.25) is 14.4 Å². The molecule has 0 saturated heterocycles. The Morgan fingerprint density at radius 1 is 0.278 bits per heavy atom. The molecule has 1 atom stereocenters. The van der Waals surface area contributed by atoms with Gasteiger partial charge in [0.05, 0.1) is 0 Å². The molecule has 0 N–H and O–H groups in total. The zero-order valence-corrected chi connectivity index (χ0v) is 48.2. The highest BCUT2D eigenvalue weighted by Gasteiger charge is 2.19. The molecule has 1 unspecified atom stereocenters. The monoisotopic (exact) mass is 1010 g/mol. The van der Waals surface area contributed by atoms with Crippen molar-refractivity contribution in [3.63, 3.8) is 0 Å². The second kappa shape index (κ2) is 60.9. The molecule has 6 heteroatoms. The van der Waals surface area contributed by atoms with E-state index >= 15 is 0 Å². The van der Waals surface area contributed by atoms with Crippen molar-refractivity contribution in [3.8, 4) is 0 Å². The molecule has 0 heterocycles. The van der Waals surface area contributed by atoms with Crippen LogP contribution in [0.25, 0.3) is 0 Å². The lowest BCUT2D eigenvalue weighted by Crippen LogP contribution is -2.30. The number of allylic oxidation sites excluding steroid dienone is 8. The van der Waals surface area contributed by atoms with Crippen LogP contribution in [0.5, 0.6) is 0 Å². The summed E-state index contributed by atoms with van der Waals surface area (Å²) in [5.41, 5.74) is 0. The molecule has 0 aliphatic rings. The Kier molecular flexibility index (Phi) is 58.7. The number of carbonyl (C=O) groups is 3. The van der Waals surface area contributed by atoms with Crippen LogP contribution in [0.15, 0.2) is 48.6 Å². The number of carbonyl (C=O) groups excluding carboxylic acids is 3. The molecular formula is C66H120O6. The first-order valence-corrected chi connectivity index (χ1v) is 31.6. The fourth-order valence-electron chi connectivity index (χ4n) is 9.27. The van der Waals surface area contributed by atoms with E-state index in [4.69, 9.17) is 14.2 Å². The molecule has 0 bridgehead atoms.